The summed E-state index contributed by atoms with van der Waals surface area (Å²) >= 11 is 0. The molecule has 0 aromatic carbocycles. The molecule has 0 saturated carbocycles. The van der Waals surface area contributed by atoms with Crippen molar-refractivity contribution in [2.75, 3.05) is 25.5 Å². The molecule has 1 aliphatic heterocycles. The summed E-state index contributed by atoms with van der Waals surface area (Å²) in [7, 11) is 3.92. The van der Waals surface area contributed by atoms with Gasteiger partial charge in [-0.2, -0.15) is 0 Å². The lowest BCUT2D eigenvalue weighted by atomic mass is 9.92. The maximum absolute atomic E-state index is 12.2. The second kappa shape index (κ2) is 6.70. The van der Waals surface area contributed by atoms with Gasteiger partial charge in [-0.25, -0.2) is 4.98 Å². The molecule has 20 heavy (non-hydrogen) atoms. The Morgan fingerprint density at radius 3 is 3.05 bits per heavy atom. The second-order valence-electron chi connectivity index (χ2n) is 5.67. The number of hydrogen-bond acceptors (Lipinski definition) is 4. The molecule has 110 valence electrons. The molecule has 5 nitrogen and oxygen atoms in total. The summed E-state index contributed by atoms with van der Waals surface area (Å²) in [4.78, 5) is 18.5. The van der Waals surface area contributed by atoms with Crippen LogP contribution < -0.4 is 15.5 Å². The Morgan fingerprint density at radius 1 is 1.55 bits per heavy atom. The quantitative estimate of drug-likeness (QED) is 0.866. The van der Waals surface area contributed by atoms with E-state index in [1.165, 1.54) is 0 Å². The first-order chi connectivity index (χ1) is 9.58. The molecule has 0 bridgehead atoms. The number of carbonyl (C=O) groups excluding carboxylic acids is 1. The topological polar surface area (TPSA) is 57.3 Å². The van der Waals surface area contributed by atoms with Crippen molar-refractivity contribution >= 4 is 11.7 Å². The fourth-order valence-electron chi connectivity index (χ4n) is 2.67. The van der Waals surface area contributed by atoms with Gasteiger partial charge in [-0.15, -0.1) is 0 Å². The van der Waals surface area contributed by atoms with Gasteiger partial charge in [-0.05, 0) is 32.4 Å². The zero-order valence-electron chi connectivity index (χ0n) is 12.5. The number of piperidine rings is 1. The van der Waals surface area contributed by atoms with Gasteiger partial charge >= 0.3 is 0 Å². The number of hydrogen-bond donors (Lipinski definition) is 2. The van der Waals surface area contributed by atoms with Crippen molar-refractivity contribution < 1.29 is 4.79 Å². The fourth-order valence-corrected chi connectivity index (χ4v) is 2.67. The highest BCUT2D eigenvalue weighted by atomic mass is 16.1. The summed E-state index contributed by atoms with van der Waals surface area (Å²) in [5.74, 6) is 1.20. The second-order valence-corrected chi connectivity index (χ2v) is 5.67. The summed E-state index contributed by atoms with van der Waals surface area (Å²) in [6.45, 7) is 3.60. The van der Waals surface area contributed by atoms with Gasteiger partial charge in [0.2, 0.25) is 5.91 Å². The monoisotopic (exact) mass is 276 g/mol. The third-order valence-electron chi connectivity index (χ3n) is 3.74. The molecule has 1 aromatic heterocycles. The van der Waals surface area contributed by atoms with Gasteiger partial charge in [-0.1, -0.05) is 6.07 Å². The molecule has 2 atom stereocenters. The van der Waals surface area contributed by atoms with Crippen LogP contribution in [-0.4, -0.2) is 37.6 Å². The standard InChI is InChI=1S/C15H24N4O/c1-11-9-12(6-8-16-11)15(20)18-10-13-5-4-7-17-14(13)19(2)3/h4-5,7,11-12,16H,6,8-10H2,1-3H3,(H,18,20)/t11-,12-/m0/s1. The molecule has 1 amide bonds. The summed E-state index contributed by atoms with van der Waals surface area (Å²) < 4.78 is 0. The molecule has 5 heteroatoms. The van der Waals surface area contributed by atoms with Gasteiger partial charge < -0.3 is 15.5 Å². The normalized spacial score (nSPS) is 22.4. The lowest BCUT2D eigenvalue weighted by Crippen LogP contribution is -2.42. The van der Waals surface area contributed by atoms with Crippen LogP contribution in [0, 0.1) is 5.92 Å². The van der Waals surface area contributed by atoms with Crippen LogP contribution in [-0.2, 0) is 11.3 Å². The predicted octanol–water partition coefficient (Wildman–Crippen LogP) is 1.15. The first-order valence-corrected chi connectivity index (χ1v) is 7.20. The molecular weight excluding hydrogens is 252 g/mol. The summed E-state index contributed by atoms with van der Waals surface area (Å²) in [6, 6.07) is 4.34. The van der Waals surface area contributed by atoms with E-state index >= 15 is 0 Å². The van der Waals surface area contributed by atoms with Gasteiger partial charge in [-0.3, -0.25) is 4.79 Å². The zero-order valence-corrected chi connectivity index (χ0v) is 12.5. The van der Waals surface area contributed by atoms with E-state index in [2.05, 4.69) is 22.5 Å². The van der Waals surface area contributed by atoms with E-state index in [0.717, 1.165) is 30.8 Å². The maximum atomic E-state index is 12.2. The van der Waals surface area contributed by atoms with Gasteiger partial charge in [0, 0.05) is 44.4 Å². The van der Waals surface area contributed by atoms with Crippen molar-refractivity contribution in [2.24, 2.45) is 5.92 Å². The number of carbonyl (C=O) groups is 1. The minimum Gasteiger partial charge on any atom is -0.362 e. The number of pyridine rings is 1. The number of amides is 1. The van der Waals surface area contributed by atoms with Crippen molar-refractivity contribution in [2.45, 2.75) is 32.4 Å². The van der Waals surface area contributed by atoms with E-state index in [1.807, 2.05) is 31.1 Å². The molecule has 1 aliphatic rings. The zero-order chi connectivity index (χ0) is 14.5. The molecular formula is C15H24N4O. The van der Waals surface area contributed by atoms with Crippen LogP contribution in [0.2, 0.25) is 0 Å². The highest BCUT2D eigenvalue weighted by molar-refractivity contribution is 5.79. The summed E-state index contributed by atoms with van der Waals surface area (Å²) in [6.07, 6.45) is 3.61. The molecule has 0 radical (unpaired) electrons. The molecule has 0 spiro atoms. The van der Waals surface area contributed by atoms with E-state index in [4.69, 9.17) is 0 Å². The molecule has 1 saturated heterocycles. The number of nitrogens with zero attached hydrogens (tertiary/aromatic N) is 2. The minimum atomic E-state index is 0.130. The Balaban J connectivity index is 1.93. The fraction of sp³-hybridized carbons (Fsp3) is 0.600. The Labute approximate surface area is 120 Å². The summed E-state index contributed by atoms with van der Waals surface area (Å²) in [5, 5.41) is 6.42. The van der Waals surface area contributed by atoms with Crippen molar-refractivity contribution in [3.05, 3.63) is 23.9 Å². The van der Waals surface area contributed by atoms with E-state index in [0.29, 0.717) is 12.6 Å². The number of rotatable bonds is 4. The Kier molecular flexibility index (Phi) is 4.95. The SMILES string of the molecule is C[C@H]1C[C@@H](C(=O)NCc2cccnc2N(C)C)CCN1. The largest absolute Gasteiger partial charge is 0.362 e. The average Bonchev–Trinajstić information content (AvgIpc) is 2.45. The lowest BCUT2D eigenvalue weighted by molar-refractivity contribution is -0.126. The third kappa shape index (κ3) is 3.70. The number of nitrogens with one attached hydrogen (secondary N) is 2. The van der Waals surface area contributed by atoms with Crippen LogP contribution in [0.25, 0.3) is 0 Å². The number of anilines is 1. The van der Waals surface area contributed by atoms with E-state index in [-0.39, 0.29) is 11.8 Å². The highest BCUT2D eigenvalue weighted by Crippen LogP contribution is 2.17. The molecule has 2 rings (SSSR count). The Bertz CT molecular complexity index is 461. The lowest BCUT2D eigenvalue weighted by Gasteiger charge is -2.27. The van der Waals surface area contributed by atoms with Crippen LogP contribution >= 0.6 is 0 Å². The average molecular weight is 276 g/mol. The van der Waals surface area contributed by atoms with Crippen molar-refractivity contribution in [1.29, 1.82) is 0 Å². The van der Waals surface area contributed by atoms with E-state index in [9.17, 15) is 4.79 Å². The molecule has 0 aliphatic carbocycles. The maximum Gasteiger partial charge on any atom is 0.223 e. The molecule has 1 fully saturated rings. The van der Waals surface area contributed by atoms with Gasteiger partial charge in [0.1, 0.15) is 5.82 Å². The van der Waals surface area contributed by atoms with Gasteiger partial charge in [0.05, 0.1) is 0 Å². The van der Waals surface area contributed by atoms with Crippen molar-refractivity contribution in [3.63, 3.8) is 0 Å². The first kappa shape index (κ1) is 14.8. The minimum absolute atomic E-state index is 0.130. The van der Waals surface area contributed by atoms with Crippen LogP contribution in [0.3, 0.4) is 0 Å². The Hall–Kier alpha value is -1.62. The first-order valence-electron chi connectivity index (χ1n) is 7.20. The van der Waals surface area contributed by atoms with Crippen molar-refractivity contribution in [1.82, 2.24) is 15.6 Å². The number of aromatic nitrogens is 1. The Morgan fingerprint density at radius 2 is 2.35 bits per heavy atom. The summed E-state index contributed by atoms with van der Waals surface area (Å²) in [5.41, 5.74) is 1.05. The van der Waals surface area contributed by atoms with Crippen molar-refractivity contribution in [3.8, 4) is 0 Å². The molecule has 0 unspecified atom stereocenters. The van der Waals surface area contributed by atoms with Crippen LogP contribution in [0.1, 0.15) is 25.3 Å². The van der Waals surface area contributed by atoms with E-state index < -0.39 is 0 Å². The highest BCUT2D eigenvalue weighted by Gasteiger charge is 2.24. The van der Waals surface area contributed by atoms with Gasteiger partial charge in [0.25, 0.3) is 0 Å². The third-order valence-corrected chi connectivity index (χ3v) is 3.74. The smallest absolute Gasteiger partial charge is 0.223 e. The molecule has 2 heterocycles. The van der Waals surface area contributed by atoms with Crippen LogP contribution in [0.15, 0.2) is 18.3 Å². The van der Waals surface area contributed by atoms with Crippen LogP contribution in [0.4, 0.5) is 5.82 Å². The predicted molar refractivity (Wildman–Crippen MR) is 80.6 cm³/mol. The van der Waals surface area contributed by atoms with E-state index in [1.54, 1.807) is 6.20 Å². The van der Waals surface area contributed by atoms with Crippen LogP contribution in [0.5, 0.6) is 0 Å². The molecule has 1 aromatic rings. The molecule has 2 N–H and O–H groups in total. The van der Waals surface area contributed by atoms with Gasteiger partial charge in [0.15, 0.2) is 0 Å².